The quantitative estimate of drug-likeness (QED) is 0.742. The summed E-state index contributed by atoms with van der Waals surface area (Å²) < 4.78 is 9.73. The molecule has 6 nitrogen and oxygen atoms in total. The van der Waals surface area contributed by atoms with Gasteiger partial charge in [0.25, 0.3) is 5.91 Å². The Bertz CT molecular complexity index is 751. The number of methoxy groups -OCH3 is 2. The molecular formula is C20H23NO5. The van der Waals surface area contributed by atoms with Crippen LogP contribution in [-0.2, 0) is 11.2 Å². The van der Waals surface area contributed by atoms with Crippen LogP contribution in [0.25, 0.3) is 0 Å². The minimum absolute atomic E-state index is 0.0939. The van der Waals surface area contributed by atoms with Gasteiger partial charge in [-0.25, -0.2) is 4.79 Å². The van der Waals surface area contributed by atoms with Crippen LogP contribution in [0.15, 0.2) is 48.5 Å². The van der Waals surface area contributed by atoms with E-state index in [4.69, 9.17) is 4.74 Å². The molecule has 138 valence electrons. The van der Waals surface area contributed by atoms with Gasteiger partial charge in [0.05, 0.1) is 25.4 Å². The third-order valence-electron chi connectivity index (χ3n) is 3.94. The number of esters is 1. The molecule has 6 heteroatoms. The number of amides is 1. The lowest BCUT2D eigenvalue weighted by atomic mass is 9.96. The molecule has 0 heterocycles. The van der Waals surface area contributed by atoms with Crippen LogP contribution in [0, 0.1) is 0 Å². The predicted octanol–water partition coefficient (Wildman–Crippen LogP) is 2.21. The van der Waals surface area contributed by atoms with Crippen molar-refractivity contribution >= 4 is 11.9 Å². The summed E-state index contributed by atoms with van der Waals surface area (Å²) in [6.45, 7) is 1.76. The van der Waals surface area contributed by atoms with Crippen LogP contribution in [0.3, 0.4) is 0 Å². The fraction of sp³-hybridized carbons (Fsp3) is 0.300. The van der Waals surface area contributed by atoms with Crippen molar-refractivity contribution in [3.05, 3.63) is 65.2 Å². The molecule has 0 fully saturated rings. The number of nitrogens with one attached hydrogen (secondary N) is 1. The number of rotatable bonds is 7. The lowest BCUT2D eigenvalue weighted by Gasteiger charge is -2.24. The van der Waals surface area contributed by atoms with Gasteiger partial charge < -0.3 is 19.9 Å². The Labute approximate surface area is 152 Å². The number of aliphatic hydroxyl groups is 1. The van der Waals surface area contributed by atoms with Crippen LogP contribution in [-0.4, -0.2) is 43.3 Å². The van der Waals surface area contributed by atoms with Gasteiger partial charge in [-0.15, -0.1) is 0 Å². The lowest BCUT2D eigenvalue weighted by Crippen LogP contribution is -2.42. The molecule has 2 aromatic rings. The van der Waals surface area contributed by atoms with Crippen LogP contribution >= 0.6 is 0 Å². The first-order valence-electron chi connectivity index (χ1n) is 8.16. The number of benzene rings is 2. The van der Waals surface area contributed by atoms with Gasteiger partial charge in [0.15, 0.2) is 0 Å². The van der Waals surface area contributed by atoms with Crippen molar-refractivity contribution in [3.63, 3.8) is 0 Å². The summed E-state index contributed by atoms with van der Waals surface area (Å²) in [6, 6.07) is 13.5. The van der Waals surface area contributed by atoms with E-state index >= 15 is 0 Å². The molecule has 0 aromatic heterocycles. The maximum atomic E-state index is 12.2. The van der Waals surface area contributed by atoms with Crippen molar-refractivity contribution in [1.29, 1.82) is 0 Å². The Hall–Kier alpha value is -2.86. The molecule has 1 atom stereocenters. The summed E-state index contributed by atoms with van der Waals surface area (Å²) in [5.41, 5.74) is 0.608. The van der Waals surface area contributed by atoms with Crippen molar-refractivity contribution < 1.29 is 24.2 Å². The molecular weight excluding hydrogens is 334 g/mol. The molecule has 0 bridgehead atoms. The standard InChI is InChI=1S/C20H23NO5/c1-20(24,12-14-4-10-17(25-2)11-5-14)13-21-18(22)15-6-8-16(9-7-15)19(23)26-3/h4-11,24H,12-13H2,1-3H3,(H,21,22)/t20-/m0/s1. The van der Waals surface area contributed by atoms with Crippen molar-refractivity contribution in [1.82, 2.24) is 5.32 Å². The molecule has 0 saturated carbocycles. The highest BCUT2D eigenvalue weighted by Gasteiger charge is 2.22. The van der Waals surface area contributed by atoms with E-state index in [-0.39, 0.29) is 12.5 Å². The molecule has 0 aliphatic rings. The van der Waals surface area contributed by atoms with Gasteiger partial charge in [0.2, 0.25) is 0 Å². The second-order valence-electron chi connectivity index (χ2n) is 6.27. The van der Waals surface area contributed by atoms with E-state index < -0.39 is 11.6 Å². The second kappa shape index (κ2) is 8.49. The molecule has 2 aromatic carbocycles. The average molecular weight is 357 g/mol. The second-order valence-corrected chi connectivity index (χ2v) is 6.27. The van der Waals surface area contributed by atoms with Gasteiger partial charge >= 0.3 is 5.97 Å². The third kappa shape index (κ3) is 5.32. The van der Waals surface area contributed by atoms with Gasteiger partial charge in [0.1, 0.15) is 5.75 Å². The van der Waals surface area contributed by atoms with Gasteiger partial charge in [-0.3, -0.25) is 4.79 Å². The minimum atomic E-state index is -1.10. The van der Waals surface area contributed by atoms with Gasteiger partial charge in [-0.05, 0) is 48.9 Å². The Morgan fingerprint density at radius 3 is 2.12 bits per heavy atom. The summed E-state index contributed by atoms with van der Waals surface area (Å²) in [6.07, 6.45) is 0.387. The molecule has 2 N–H and O–H groups in total. The summed E-state index contributed by atoms with van der Waals surface area (Å²) in [5.74, 6) is -0.0344. The zero-order chi connectivity index (χ0) is 19.2. The molecule has 0 aliphatic carbocycles. The molecule has 0 aliphatic heterocycles. The Kier molecular flexibility index (Phi) is 6.36. The van der Waals surface area contributed by atoms with Gasteiger partial charge in [0, 0.05) is 18.5 Å². The first kappa shape index (κ1) is 19.5. The highest BCUT2D eigenvalue weighted by molar-refractivity contribution is 5.96. The number of ether oxygens (including phenoxy) is 2. The van der Waals surface area contributed by atoms with Crippen LogP contribution in [0.1, 0.15) is 33.2 Å². The van der Waals surface area contributed by atoms with Crippen molar-refractivity contribution in [2.24, 2.45) is 0 Å². The van der Waals surface area contributed by atoms with E-state index in [1.54, 1.807) is 26.2 Å². The lowest BCUT2D eigenvalue weighted by molar-refractivity contribution is 0.0552. The summed E-state index contributed by atoms with van der Waals surface area (Å²) in [5, 5.41) is 13.2. The molecule has 0 radical (unpaired) electrons. The number of hydrogen-bond donors (Lipinski definition) is 2. The molecule has 26 heavy (non-hydrogen) atoms. The van der Waals surface area contributed by atoms with Crippen LogP contribution in [0.5, 0.6) is 5.75 Å². The van der Waals surface area contributed by atoms with E-state index in [2.05, 4.69) is 10.1 Å². The molecule has 0 unspecified atom stereocenters. The van der Waals surface area contributed by atoms with Crippen molar-refractivity contribution in [2.75, 3.05) is 20.8 Å². The van der Waals surface area contributed by atoms with E-state index in [9.17, 15) is 14.7 Å². The zero-order valence-electron chi connectivity index (χ0n) is 15.1. The maximum Gasteiger partial charge on any atom is 0.337 e. The number of carbonyl (C=O) groups is 2. The highest BCUT2D eigenvalue weighted by Crippen LogP contribution is 2.17. The topological polar surface area (TPSA) is 84.9 Å². The zero-order valence-corrected chi connectivity index (χ0v) is 15.1. The van der Waals surface area contributed by atoms with Crippen LogP contribution < -0.4 is 10.1 Å². The van der Waals surface area contributed by atoms with Crippen LogP contribution in [0.2, 0.25) is 0 Å². The normalized spacial score (nSPS) is 12.8. The van der Waals surface area contributed by atoms with Crippen molar-refractivity contribution in [3.8, 4) is 5.75 Å². The van der Waals surface area contributed by atoms with Crippen molar-refractivity contribution in [2.45, 2.75) is 18.9 Å². The molecule has 0 spiro atoms. The first-order valence-corrected chi connectivity index (χ1v) is 8.16. The third-order valence-corrected chi connectivity index (χ3v) is 3.94. The predicted molar refractivity (Wildman–Crippen MR) is 97.4 cm³/mol. The van der Waals surface area contributed by atoms with E-state index in [1.807, 2.05) is 24.3 Å². The van der Waals surface area contributed by atoms with Gasteiger partial charge in [-0.2, -0.15) is 0 Å². The van der Waals surface area contributed by atoms with E-state index in [0.717, 1.165) is 11.3 Å². The largest absolute Gasteiger partial charge is 0.497 e. The Morgan fingerprint density at radius 2 is 1.58 bits per heavy atom. The fourth-order valence-corrected chi connectivity index (χ4v) is 2.49. The average Bonchev–Trinajstić information content (AvgIpc) is 2.66. The minimum Gasteiger partial charge on any atom is -0.497 e. The van der Waals surface area contributed by atoms with Gasteiger partial charge in [-0.1, -0.05) is 12.1 Å². The van der Waals surface area contributed by atoms with Crippen LogP contribution in [0.4, 0.5) is 0 Å². The molecule has 1 amide bonds. The summed E-state index contributed by atoms with van der Waals surface area (Å²) >= 11 is 0. The van der Waals surface area contributed by atoms with E-state index in [0.29, 0.717) is 17.5 Å². The highest BCUT2D eigenvalue weighted by atomic mass is 16.5. The Morgan fingerprint density at radius 1 is 1.00 bits per heavy atom. The summed E-state index contributed by atoms with van der Waals surface area (Å²) in [7, 11) is 2.90. The first-order chi connectivity index (χ1) is 12.3. The molecule has 2 rings (SSSR count). The fourth-order valence-electron chi connectivity index (χ4n) is 2.49. The van der Waals surface area contributed by atoms with E-state index in [1.165, 1.54) is 19.2 Å². The SMILES string of the molecule is COC(=O)c1ccc(C(=O)NC[C@@](C)(O)Cc2ccc(OC)cc2)cc1. The smallest absolute Gasteiger partial charge is 0.337 e. The number of carbonyl (C=O) groups excluding carboxylic acids is 2. The monoisotopic (exact) mass is 357 g/mol. The summed E-state index contributed by atoms with van der Waals surface area (Å²) in [4.78, 5) is 23.6. The Balaban J connectivity index is 1.92. The number of hydrogen-bond acceptors (Lipinski definition) is 5. The maximum absolute atomic E-state index is 12.2. The molecule has 0 saturated heterocycles.